The highest BCUT2D eigenvalue weighted by Crippen LogP contribution is 2.20. The predicted octanol–water partition coefficient (Wildman–Crippen LogP) is 2.41. The lowest BCUT2D eigenvalue weighted by molar-refractivity contribution is -0.137. The van der Waals surface area contributed by atoms with Crippen LogP contribution in [-0.4, -0.2) is 19.7 Å². The second-order valence-corrected chi connectivity index (χ2v) is 2.97. The number of hydrogen-bond donors (Lipinski definition) is 0. The molecule has 0 fully saturated rings. The van der Waals surface area contributed by atoms with Crippen LogP contribution < -0.4 is 4.74 Å². The molecule has 0 aliphatic carbocycles. The van der Waals surface area contributed by atoms with Crippen molar-refractivity contribution in [2.24, 2.45) is 0 Å². The Morgan fingerprint density at radius 2 is 2.25 bits per heavy atom. The van der Waals surface area contributed by atoms with Crippen molar-refractivity contribution < 1.29 is 18.7 Å². The quantitative estimate of drug-likeness (QED) is 0.582. The molecule has 1 aromatic carbocycles. The Morgan fingerprint density at radius 3 is 2.88 bits per heavy atom. The van der Waals surface area contributed by atoms with Gasteiger partial charge in [-0.2, -0.15) is 0 Å². The summed E-state index contributed by atoms with van der Waals surface area (Å²) in [6, 6.07) is 4.09. The number of rotatable bonds is 4. The van der Waals surface area contributed by atoms with E-state index in [4.69, 9.17) is 9.47 Å². The van der Waals surface area contributed by atoms with E-state index in [0.29, 0.717) is 17.9 Å². The molecule has 0 aromatic heterocycles. The maximum absolute atomic E-state index is 12.9. The largest absolute Gasteiger partial charge is 0.496 e. The number of ether oxygens (including phenoxy) is 2. The molecule has 0 atom stereocenters. The van der Waals surface area contributed by atoms with Gasteiger partial charge >= 0.3 is 5.97 Å². The highest BCUT2D eigenvalue weighted by atomic mass is 19.1. The van der Waals surface area contributed by atoms with Gasteiger partial charge in [0.1, 0.15) is 11.6 Å². The van der Waals surface area contributed by atoms with E-state index < -0.39 is 5.97 Å². The zero-order chi connectivity index (χ0) is 12.0. The van der Waals surface area contributed by atoms with E-state index in [1.807, 2.05) is 0 Å². The van der Waals surface area contributed by atoms with Gasteiger partial charge in [0.15, 0.2) is 0 Å². The Bertz CT molecular complexity index is 399. The van der Waals surface area contributed by atoms with Crippen LogP contribution in [-0.2, 0) is 9.53 Å². The summed E-state index contributed by atoms with van der Waals surface area (Å²) in [7, 11) is 1.44. The molecule has 0 N–H and O–H groups in total. The van der Waals surface area contributed by atoms with Crippen molar-refractivity contribution in [3.05, 3.63) is 35.7 Å². The molecule has 16 heavy (non-hydrogen) atoms. The Morgan fingerprint density at radius 1 is 1.50 bits per heavy atom. The van der Waals surface area contributed by atoms with Gasteiger partial charge in [0.05, 0.1) is 13.7 Å². The molecule has 0 aliphatic heterocycles. The van der Waals surface area contributed by atoms with E-state index in [0.717, 1.165) is 0 Å². The molecule has 0 amide bonds. The van der Waals surface area contributed by atoms with Crippen molar-refractivity contribution in [3.8, 4) is 5.75 Å². The summed E-state index contributed by atoms with van der Waals surface area (Å²) in [5.41, 5.74) is 0.622. The third-order valence-electron chi connectivity index (χ3n) is 1.88. The van der Waals surface area contributed by atoms with Crippen LogP contribution in [0, 0.1) is 5.82 Å². The van der Waals surface area contributed by atoms with E-state index in [1.165, 1.54) is 37.5 Å². The molecule has 0 spiro atoms. The molecule has 4 heteroatoms. The summed E-state index contributed by atoms with van der Waals surface area (Å²) in [6.45, 7) is 2.05. The second kappa shape index (κ2) is 5.90. The van der Waals surface area contributed by atoms with Gasteiger partial charge in [-0.05, 0) is 25.1 Å². The molecular weight excluding hydrogens is 211 g/mol. The SMILES string of the molecule is CCOC(=O)C=Cc1ccc(F)cc1OC. The van der Waals surface area contributed by atoms with Gasteiger partial charge in [0, 0.05) is 17.7 Å². The van der Waals surface area contributed by atoms with Crippen LogP contribution in [0.25, 0.3) is 6.08 Å². The molecule has 0 heterocycles. The maximum atomic E-state index is 12.9. The van der Waals surface area contributed by atoms with Gasteiger partial charge in [0.2, 0.25) is 0 Å². The van der Waals surface area contributed by atoms with E-state index >= 15 is 0 Å². The number of methoxy groups -OCH3 is 1. The minimum absolute atomic E-state index is 0.323. The number of halogens is 1. The molecule has 0 saturated heterocycles. The summed E-state index contributed by atoms with van der Waals surface area (Å²) in [6.07, 6.45) is 2.80. The number of benzene rings is 1. The number of esters is 1. The predicted molar refractivity (Wildman–Crippen MR) is 58.6 cm³/mol. The van der Waals surface area contributed by atoms with Crippen LogP contribution in [0.3, 0.4) is 0 Å². The fourth-order valence-electron chi connectivity index (χ4n) is 1.17. The first-order valence-corrected chi connectivity index (χ1v) is 4.85. The lowest BCUT2D eigenvalue weighted by Crippen LogP contribution is -1.98. The van der Waals surface area contributed by atoms with Crippen molar-refractivity contribution in [1.82, 2.24) is 0 Å². The van der Waals surface area contributed by atoms with Crippen LogP contribution in [0.2, 0.25) is 0 Å². The summed E-state index contributed by atoms with van der Waals surface area (Å²) in [5.74, 6) is -0.445. The highest BCUT2D eigenvalue weighted by Gasteiger charge is 2.02. The number of carbonyl (C=O) groups excluding carboxylic acids is 1. The first-order valence-electron chi connectivity index (χ1n) is 4.85. The molecular formula is C12H13FO3. The minimum Gasteiger partial charge on any atom is -0.496 e. The fraction of sp³-hybridized carbons (Fsp3) is 0.250. The Balaban J connectivity index is 2.84. The lowest BCUT2D eigenvalue weighted by atomic mass is 10.2. The third kappa shape index (κ3) is 3.38. The summed E-state index contributed by atoms with van der Waals surface area (Å²) in [5, 5.41) is 0. The van der Waals surface area contributed by atoms with Gasteiger partial charge in [0.25, 0.3) is 0 Å². The average Bonchev–Trinajstić information content (AvgIpc) is 2.27. The molecule has 0 bridgehead atoms. The zero-order valence-corrected chi connectivity index (χ0v) is 9.20. The lowest BCUT2D eigenvalue weighted by Gasteiger charge is -2.04. The Kier molecular flexibility index (Phi) is 4.51. The third-order valence-corrected chi connectivity index (χ3v) is 1.88. The van der Waals surface area contributed by atoms with E-state index in [-0.39, 0.29) is 5.82 Å². The molecule has 0 aliphatic rings. The first kappa shape index (κ1) is 12.2. The van der Waals surface area contributed by atoms with Crippen LogP contribution in [0.1, 0.15) is 12.5 Å². The Hall–Kier alpha value is -1.84. The maximum Gasteiger partial charge on any atom is 0.330 e. The highest BCUT2D eigenvalue weighted by molar-refractivity contribution is 5.87. The van der Waals surface area contributed by atoms with Gasteiger partial charge < -0.3 is 9.47 Å². The molecule has 0 radical (unpaired) electrons. The molecule has 3 nitrogen and oxygen atoms in total. The van der Waals surface area contributed by atoms with Crippen molar-refractivity contribution >= 4 is 12.0 Å². The van der Waals surface area contributed by atoms with Crippen molar-refractivity contribution in [1.29, 1.82) is 0 Å². The van der Waals surface area contributed by atoms with E-state index in [9.17, 15) is 9.18 Å². The topological polar surface area (TPSA) is 35.5 Å². The van der Waals surface area contributed by atoms with Gasteiger partial charge in [-0.1, -0.05) is 0 Å². The molecule has 0 saturated carbocycles. The van der Waals surface area contributed by atoms with Crippen LogP contribution in [0.5, 0.6) is 5.75 Å². The molecule has 1 rings (SSSR count). The minimum atomic E-state index is -0.436. The van der Waals surface area contributed by atoms with Crippen molar-refractivity contribution in [2.75, 3.05) is 13.7 Å². The summed E-state index contributed by atoms with van der Waals surface area (Å²) >= 11 is 0. The molecule has 1 aromatic rings. The average molecular weight is 224 g/mol. The zero-order valence-electron chi connectivity index (χ0n) is 9.20. The van der Waals surface area contributed by atoms with E-state index in [1.54, 1.807) is 6.92 Å². The normalized spacial score (nSPS) is 10.4. The fourth-order valence-corrected chi connectivity index (χ4v) is 1.17. The molecule has 86 valence electrons. The van der Waals surface area contributed by atoms with Gasteiger partial charge in [-0.3, -0.25) is 0 Å². The molecule has 0 unspecified atom stereocenters. The Labute approximate surface area is 93.5 Å². The summed E-state index contributed by atoms with van der Waals surface area (Å²) < 4.78 is 22.6. The smallest absolute Gasteiger partial charge is 0.330 e. The second-order valence-electron chi connectivity index (χ2n) is 2.97. The van der Waals surface area contributed by atoms with E-state index in [2.05, 4.69) is 0 Å². The number of carbonyl (C=O) groups is 1. The van der Waals surface area contributed by atoms with Crippen molar-refractivity contribution in [2.45, 2.75) is 6.92 Å². The monoisotopic (exact) mass is 224 g/mol. The van der Waals surface area contributed by atoms with Gasteiger partial charge in [-0.25, -0.2) is 9.18 Å². The van der Waals surface area contributed by atoms with Crippen LogP contribution >= 0.6 is 0 Å². The van der Waals surface area contributed by atoms with Crippen LogP contribution in [0.15, 0.2) is 24.3 Å². The number of hydrogen-bond acceptors (Lipinski definition) is 3. The van der Waals surface area contributed by atoms with Crippen LogP contribution in [0.4, 0.5) is 4.39 Å². The standard InChI is InChI=1S/C12H13FO3/c1-3-16-12(14)7-5-9-4-6-10(13)8-11(9)15-2/h4-8H,3H2,1-2H3. The van der Waals surface area contributed by atoms with Crippen molar-refractivity contribution in [3.63, 3.8) is 0 Å². The first-order chi connectivity index (χ1) is 7.67. The van der Waals surface area contributed by atoms with Gasteiger partial charge in [-0.15, -0.1) is 0 Å². The summed E-state index contributed by atoms with van der Waals surface area (Å²) in [4.78, 5) is 11.1.